The first kappa shape index (κ1) is 28.2. The van der Waals surface area contributed by atoms with Gasteiger partial charge in [-0.15, -0.1) is 0 Å². The van der Waals surface area contributed by atoms with Crippen molar-refractivity contribution in [2.45, 2.75) is 27.1 Å². The van der Waals surface area contributed by atoms with Crippen LogP contribution in [0.5, 0.6) is 17.2 Å². The number of carbonyl (C=O) groups is 1. The molecule has 0 unspecified atom stereocenters. The first-order chi connectivity index (χ1) is 20.6. The molecule has 0 aliphatic rings. The van der Waals surface area contributed by atoms with Crippen molar-refractivity contribution in [2.24, 2.45) is 5.16 Å². The molecule has 4 aromatic carbocycles. The third-order valence-electron chi connectivity index (χ3n) is 6.17. The topological polar surface area (TPSA) is 92.4 Å². The molecule has 0 amide bonds. The van der Waals surface area contributed by atoms with Crippen molar-refractivity contribution in [1.82, 2.24) is 4.98 Å². The second-order valence-electron chi connectivity index (χ2n) is 9.19. The summed E-state index contributed by atoms with van der Waals surface area (Å²) in [5, 5.41) is 4.11. The number of ether oxygens (including phenoxy) is 3. The Morgan fingerprint density at radius 3 is 2.12 bits per heavy atom. The highest BCUT2D eigenvalue weighted by Crippen LogP contribution is 2.24. The Morgan fingerprint density at radius 2 is 1.43 bits per heavy atom. The summed E-state index contributed by atoms with van der Waals surface area (Å²) in [5.74, 6) is 2.74. The van der Waals surface area contributed by atoms with Crippen LogP contribution < -0.4 is 9.47 Å². The van der Waals surface area contributed by atoms with Crippen molar-refractivity contribution >= 4 is 11.7 Å². The molecule has 8 nitrogen and oxygen atoms in total. The molecule has 42 heavy (non-hydrogen) atoms. The largest absolute Gasteiger partial charge is 0.487 e. The van der Waals surface area contributed by atoms with Gasteiger partial charge in [0, 0.05) is 11.1 Å². The van der Waals surface area contributed by atoms with E-state index >= 15 is 0 Å². The summed E-state index contributed by atoms with van der Waals surface area (Å²) < 4.78 is 22.8. The van der Waals surface area contributed by atoms with Gasteiger partial charge in [-0.3, -0.25) is 0 Å². The first-order valence-electron chi connectivity index (χ1n) is 13.5. The number of carbonyl (C=O) groups excluding carboxylic acids is 1. The van der Waals surface area contributed by atoms with Gasteiger partial charge >= 0.3 is 5.97 Å². The normalized spacial score (nSPS) is 11.1. The number of rotatable bonds is 12. The molecule has 0 radical (unpaired) electrons. The summed E-state index contributed by atoms with van der Waals surface area (Å²) in [6, 6.07) is 33.6. The zero-order valence-corrected chi connectivity index (χ0v) is 23.4. The molecule has 5 rings (SSSR count). The van der Waals surface area contributed by atoms with Crippen molar-refractivity contribution in [3.05, 3.63) is 132 Å². The lowest BCUT2D eigenvalue weighted by atomic mass is 10.1. The summed E-state index contributed by atoms with van der Waals surface area (Å²) >= 11 is 0. The van der Waals surface area contributed by atoms with Gasteiger partial charge in [0.05, 0.1) is 6.61 Å². The third kappa shape index (κ3) is 7.42. The zero-order valence-electron chi connectivity index (χ0n) is 23.4. The first-order valence-corrected chi connectivity index (χ1v) is 13.5. The number of esters is 1. The molecule has 1 aromatic heterocycles. The third-order valence-corrected chi connectivity index (χ3v) is 6.17. The van der Waals surface area contributed by atoms with Crippen molar-refractivity contribution in [2.75, 3.05) is 6.61 Å². The van der Waals surface area contributed by atoms with E-state index in [0.29, 0.717) is 28.7 Å². The van der Waals surface area contributed by atoms with Crippen LogP contribution in [0, 0.1) is 6.92 Å². The van der Waals surface area contributed by atoms with Crippen LogP contribution in [-0.4, -0.2) is 23.3 Å². The number of nitrogens with zero attached hydrogens (tertiary/aromatic N) is 2. The number of aryl methyl sites for hydroxylation is 1. The van der Waals surface area contributed by atoms with Crippen LogP contribution in [0.2, 0.25) is 0 Å². The Hall–Kier alpha value is -5.37. The maximum atomic E-state index is 12.6. The van der Waals surface area contributed by atoms with Gasteiger partial charge in [0.25, 0.3) is 0 Å². The molecular formula is C34H30N2O6. The number of hydrogen-bond acceptors (Lipinski definition) is 8. The van der Waals surface area contributed by atoms with E-state index in [-0.39, 0.29) is 25.5 Å². The average Bonchev–Trinajstić information content (AvgIpc) is 3.40. The molecule has 0 saturated heterocycles. The lowest BCUT2D eigenvalue weighted by molar-refractivity contribution is -0.135. The highest BCUT2D eigenvalue weighted by atomic mass is 16.6. The Kier molecular flexibility index (Phi) is 9.26. The predicted octanol–water partition coefficient (Wildman–Crippen LogP) is 7.51. The molecule has 0 aliphatic heterocycles. The Balaban J connectivity index is 1.18. The van der Waals surface area contributed by atoms with Crippen LogP contribution >= 0.6 is 0 Å². The van der Waals surface area contributed by atoms with Crippen LogP contribution in [0.25, 0.3) is 11.5 Å². The number of benzene rings is 4. The van der Waals surface area contributed by atoms with Gasteiger partial charge in [-0.05, 0) is 80.1 Å². The van der Waals surface area contributed by atoms with Gasteiger partial charge in [0.1, 0.15) is 41.9 Å². The molecule has 0 bridgehead atoms. The van der Waals surface area contributed by atoms with Crippen molar-refractivity contribution < 1.29 is 28.3 Å². The van der Waals surface area contributed by atoms with E-state index in [4.69, 9.17) is 23.5 Å². The average molecular weight is 563 g/mol. The Bertz CT molecular complexity index is 1610. The van der Waals surface area contributed by atoms with Crippen LogP contribution in [0.1, 0.15) is 29.5 Å². The maximum absolute atomic E-state index is 12.6. The molecular weight excluding hydrogens is 532 g/mol. The lowest BCUT2D eigenvalue weighted by Gasteiger charge is -2.09. The number of oxazole rings is 1. The summed E-state index contributed by atoms with van der Waals surface area (Å²) in [7, 11) is 0. The zero-order chi connectivity index (χ0) is 29.1. The number of aromatic nitrogens is 1. The van der Waals surface area contributed by atoms with E-state index < -0.39 is 5.97 Å². The minimum Gasteiger partial charge on any atom is -0.487 e. The second kappa shape index (κ2) is 13.8. The van der Waals surface area contributed by atoms with E-state index in [1.807, 2.05) is 91.9 Å². The van der Waals surface area contributed by atoms with Crippen LogP contribution in [0.3, 0.4) is 0 Å². The minimum absolute atomic E-state index is 0.0703. The molecule has 0 fully saturated rings. The highest BCUT2D eigenvalue weighted by molar-refractivity contribution is 6.43. The highest BCUT2D eigenvalue weighted by Gasteiger charge is 2.17. The van der Waals surface area contributed by atoms with Gasteiger partial charge < -0.3 is 23.5 Å². The minimum atomic E-state index is -0.573. The molecule has 5 aromatic rings. The maximum Gasteiger partial charge on any atom is 0.361 e. The summed E-state index contributed by atoms with van der Waals surface area (Å²) in [4.78, 5) is 22.7. The van der Waals surface area contributed by atoms with Gasteiger partial charge in [-0.25, -0.2) is 9.78 Å². The number of para-hydroxylation sites is 1. The van der Waals surface area contributed by atoms with Crippen molar-refractivity contribution in [3.63, 3.8) is 0 Å². The van der Waals surface area contributed by atoms with Gasteiger partial charge in [-0.2, -0.15) is 0 Å². The molecule has 0 aliphatic carbocycles. The molecule has 0 spiro atoms. The fourth-order valence-corrected chi connectivity index (χ4v) is 3.98. The molecule has 212 valence electrons. The molecule has 0 saturated carbocycles. The monoisotopic (exact) mass is 562 g/mol. The Morgan fingerprint density at radius 1 is 0.786 bits per heavy atom. The summed E-state index contributed by atoms with van der Waals surface area (Å²) in [6.07, 6.45) is 0. The standard InChI is InChI=1S/C34H30N2O6/c1-3-38-34(37)32(26-16-20-30(21-17-26)42-29-12-8-5-9-13-29)36-40-22-25-14-18-28(19-15-25)39-23-31-24(2)41-33(35-31)27-10-6-4-7-11-27/h4-21H,3,22-23H2,1-2H3/b36-32+. The number of hydrogen-bond donors (Lipinski definition) is 0. The van der Waals surface area contributed by atoms with Gasteiger partial charge in [-0.1, -0.05) is 53.7 Å². The molecule has 8 heteroatoms. The smallest absolute Gasteiger partial charge is 0.361 e. The Labute approximate surface area is 244 Å². The van der Waals surface area contributed by atoms with Crippen molar-refractivity contribution in [3.8, 4) is 28.7 Å². The lowest BCUT2D eigenvalue weighted by Crippen LogP contribution is -2.19. The van der Waals surface area contributed by atoms with E-state index in [9.17, 15) is 4.79 Å². The van der Waals surface area contributed by atoms with E-state index in [2.05, 4.69) is 10.1 Å². The summed E-state index contributed by atoms with van der Waals surface area (Å²) in [6.45, 7) is 4.26. The second-order valence-corrected chi connectivity index (χ2v) is 9.19. The van der Waals surface area contributed by atoms with E-state index in [1.165, 1.54) is 0 Å². The predicted molar refractivity (Wildman–Crippen MR) is 158 cm³/mol. The van der Waals surface area contributed by atoms with Crippen LogP contribution in [0.15, 0.2) is 119 Å². The van der Waals surface area contributed by atoms with Gasteiger partial charge in [0.15, 0.2) is 5.71 Å². The fraction of sp³-hybridized carbons (Fsp3) is 0.147. The SMILES string of the molecule is CCOC(=O)/C(=N/OCc1ccc(OCc2nc(-c3ccccc3)oc2C)cc1)c1ccc(Oc2ccccc2)cc1. The molecule has 0 N–H and O–H groups in total. The van der Waals surface area contributed by atoms with E-state index in [0.717, 1.165) is 22.6 Å². The van der Waals surface area contributed by atoms with Crippen molar-refractivity contribution in [1.29, 1.82) is 0 Å². The van der Waals surface area contributed by atoms with Crippen LogP contribution in [0.4, 0.5) is 0 Å². The molecule has 0 atom stereocenters. The quantitative estimate of drug-likeness (QED) is 0.0883. The van der Waals surface area contributed by atoms with E-state index in [1.54, 1.807) is 31.2 Å². The van der Waals surface area contributed by atoms with Crippen LogP contribution in [-0.2, 0) is 27.6 Å². The molecule has 1 heterocycles. The van der Waals surface area contributed by atoms with Gasteiger partial charge in [0.2, 0.25) is 5.89 Å². The summed E-state index contributed by atoms with van der Waals surface area (Å²) in [5.41, 5.74) is 3.13. The number of oxime groups is 1. The fourth-order valence-electron chi connectivity index (χ4n) is 3.98.